The lowest BCUT2D eigenvalue weighted by Gasteiger charge is -2.13. The molecule has 0 fully saturated rings. The van der Waals surface area contributed by atoms with Gasteiger partial charge >= 0.3 is 12.1 Å². The summed E-state index contributed by atoms with van der Waals surface area (Å²) in [4.78, 5) is 16.1. The Hall–Kier alpha value is -2.91. The fourth-order valence-electron chi connectivity index (χ4n) is 3.08. The molecule has 0 aliphatic heterocycles. The zero-order valence-electron chi connectivity index (χ0n) is 16.8. The van der Waals surface area contributed by atoms with Crippen molar-refractivity contribution in [1.29, 1.82) is 0 Å². The van der Waals surface area contributed by atoms with Gasteiger partial charge in [0.1, 0.15) is 11.5 Å². The summed E-state index contributed by atoms with van der Waals surface area (Å²) in [5.74, 6) is -3.51. The van der Waals surface area contributed by atoms with Gasteiger partial charge in [0.2, 0.25) is 5.91 Å². The van der Waals surface area contributed by atoms with E-state index in [0.29, 0.717) is 21.7 Å². The molecule has 2 N–H and O–H groups in total. The SMILES string of the molecule is CC(C(=O)NCc1oc(C(F)(F)F)nc1-c1cccc(Cl)c1)c1ccc(CCO)c(F)c1. The standard InChI is InChI=1S/C22H19ClF4N2O3/c1-12(14-6-5-13(7-8-30)17(24)10-14)20(31)28-11-18-19(15-3-2-4-16(23)9-15)29-21(32-18)22(25,26)27/h2-6,9-10,12,30H,7-8,11H2,1H3,(H,28,31). The monoisotopic (exact) mass is 470 g/mol. The number of benzene rings is 2. The molecule has 1 amide bonds. The van der Waals surface area contributed by atoms with Crippen molar-refractivity contribution in [3.63, 3.8) is 0 Å². The normalized spacial score (nSPS) is 12.6. The number of aliphatic hydroxyl groups excluding tert-OH is 1. The Morgan fingerprint density at radius 2 is 2.00 bits per heavy atom. The van der Waals surface area contributed by atoms with Gasteiger partial charge in [-0.05, 0) is 42.7 Å². The number of halogens is 5. The molecule has 0 radical (unpaired) electrons. The van der Waals surface area contributed by atoms with Crippen molar-refractivity contribution in [2.45, 2.75) is 32.0 Å². The van der Waals surface area contributed by atoms with E-state index in [1.807, 2.05) is 0 Å². The molecule has 3 rings (SSSR count). The Bertz CT molecular complexity index is 1110. The molecule has 170 valence electrons. The van der Waals surface area contributed by atoms with E-state index in [2.05, 4.69) is 10.3 Å². The molecule has 0 spiro atoms. The predicted molar refractivity (Wildman–Crippen MR) is 109 cm³/mol. The summed E-state index contributed by atoms with van der Waals surface area (Å²) in [6.07, 6.45) is -4.66. The summed E-state index contributed by atoms with van der Waals surface area (Å²) in [5.41, 5.74) is 0.907. The third-order valence-corrected chi connectivity index (χ3v) is 5.05. The molecule has 32 heavy (non-hydrogen) atoms. The van der Waals surface area contributed by atoms with E-state index in [9.17, 15) is 22.4 Å². The number of alkyl halides is 3. The largest absolute Gasteiger partial charge is 0.468 e. The van der Waals surface area contributed by atoms with Gasteiger partial charge in [0.15, 0.2) is 5.76 Å². The highest BCUT2D eigenvalue weighted by molar-refractivity contribution is 6.30. The minimum Gasteiger partial charge on any atom is -0.435 e. The molecule has 0 bridgehead atoms. The van der Waals surface area contributed by atoms with Crippen molar-refractivity contribution in [3.05, 3.63) is 76.1 Å². The van der Waals surface area contributed by atoms with E-state index < -0.39 is 29.7 Å². The summed E-state index contributed by atoms with van der Waals surface area (Å²) < 4.78 is 58.4. The van der Waals surface area contributed by atoms with E-state index in [-0.39, 0.29) is 31.0 Å². The first-order chi connectivity index (χ1) is 15.1. The summed E-state index contributed by atoms with van der Waals surface area (Å²) in [7, 11) is 0. The average Bonchev–Trinajstić information content (AvgIpc) is 3.18. The van der Waals surface area contributed by atoms with Crippen LogP contribution in [-0.4, -0.2) is 22.6 Å². The van der Waals surface area contributed by atoms with Crippen LogP contribution in [0.1, 0.15) is 35.6 Å². The molecule has 1 heterocycles. The molecular formula is C22H19ClF4N2O3. The van der Waals surface area contributed by atoms with Gasteiger partial charge in [0.25, 0.3) is 0 Å². The number of rotatable bonds is 7. The van der Waals surface area contributed by atoms with Crippen molar-refractivity contribution in [1.82, 2.24) is 10.3 Å². The lowest BCUT2D eigenvalue weighted by Crippen LogP contribution is -2.27. The molecule has 3 aromatic rings. The van der Waals surface area contributed by atoms with Crippen LogP contribution < -0.4 is 5.32 Å². The fraction of sp³-hybridized carbons (Fsp3) is 0.273. The topological polar surface area (TPSA) is 75.4 Å². The maximum atomic E-state index is 14.1. The molecule has 1 unspecified atom stereocenters. The quantitative estimate of drug-likeness (QED) is 0.471. The van der Waals surface area contributed by atoms with Crippen LogP contribution in [0.5, 0.6) is 0 Å². The fourth-order valence-corrected chi connectivity index (χ4v) is 3.27. The van der Waals surface area contributed by atoms with Crippen molar-refractivity contribution in [2.24, 2.45) is 0 Å². The van der Waals surface area contributed by atoms with Gasteiger partial charge in [-0.2, -0.15) is 13.2 Å². The number of nitrogens with one attached hydrogen (secondary N) is 1. The van der Waals surface area contributed by atoms with Crippen molar-refractivity contribution >= 4 is 17.5 Å². The molecule has 0 saturated heterocycles. The number of amides is 1. The van der Waals surface area contributed by atoms with Gasteiger partial charge in [0, 0.05) is 17.2 Å². The van der Waals surface area contributed by atoms with E-state index in [1.165, 1.54) is 31.2 Å². The second-order valence-electron chi connectivity index (χ2n) is 7.06. The van der Waals surface area contributed by atoms with Gasteiger partial charge in [-0.1, -0.05) is 35.9 Å². The van der Waals surface area contributed by atoms with Crippen LogP contribution in [0.2, 0.25) is 5.02 Å². The highest BCUT2D eigenvalue weighted by Gasteiger charge is 2.38. The van der Waals surface area contributed by atoms with Crippen molar-refractivity contribution in [2.75, 3.05) is 6.61 Å². The number of carbonyl (C=O) groups excluding carboxylic acids is 1. The predicted octanol–water partition coefficient (Wildman–Crippen LogP) is 5.11. The van der Waals surface area contributed by atoms with E-state index in [1.54, 1.807) is 18.2 Å². The van der Waals surface area contributed by atoms with Gasteiger partial charge in [-0.25, -0.2) is 9.37 Å². The van der Waals surface area contributed by atoms with Crippen LogP contribution in [0.4, 0.5) is 17.6 Å². The summed E-state index contributed by atoms with van der Waals surface area (Å²) in [5, 5.41) is 11.7. The Balaban J connectivity index is 1.80. The van der Waals surface area contributed by atoms with Gasteiger partial charge < -0.3 is 14.8 Å². The number of aromatic nitrogens is 1. The lowest BCUT2D eigenvalue weighted by molar-refractivity contribution is -0.157. The van der Waals surface area contributed by atoms with E-state index in [4.69, 9.17) is 21.1 Å². The first-order valence-corrected chi connectivity index (χ1v) is 9.97. The van der Waals surface area contributed by atoms with Crippen LogP contribution in [0, 0.1) is 5.82 Å². The summed E-state index contributed by atoms with van der Waals surface area (Å²) in [6.45, 7) is 0.965. The minimum absolute atomic E-state index is 0.0906. The number of hydrogen-bond donors (Lipinski definition) is 2. The average molecular weight is 471 g/mol. The Morgan fingerprint density at radius 3 is 2.62 bits per heavy atom. The maximum Gasteiger partial charge on any atom is 0.468 e. The third kappa shape index (κ3) is 5.46. The molecule has 1 atom stereocenters. The van der Waals surface area contributed by atoms with Crippen LogP contribution in [0.3, 0.4) is 0 Å². The minimum atomic E-state index is -4.81. The highest BCUT2D eigenvalue weighted by atomic mass is 35.5. The number of hydrogen-bond acceptors (Lipinski definition) is 4. The Morgan fingerprint density at radius 1 is 1.25 bits per heavy atom. The van der Waals surface area contributed by atoms with Gasteiger partial charge in [-0.15, -0.1) is 0 Å². The number of nitrogens with zero attached hydrogens (tertiary/aromatic N) is 1. The zero-order chi connectivity index (χ0) is 23.5. The number of carbonyl (C=O) groups is 1. The highest BCUT2D eigenvalue weighted by Crippen LogP contribution is 2.34. The van der Waals surface area contributed by atoms with E-state index in [0.717, 1.165) is 0 Å². The summed E-state index contributed by atoms with van der Waals surface area (Å²) in [6, 6.07) is 10.3. The van der Waals surface area contributed by atoms with Gasteiger partial charge in [-0.3, -0.25) is 4.79 Å². The van der Waals surface area contributed by atoms with Crippen LogP contribution >= 0.6 is 11.6 Å². The molecule has 0 saturated carbocycles. The Kier molecular flexibility index (Phi) is 7.20. The van der Waals surface area contributed by atoms with Gasteiger partial charge in [0.05, 0.1) is 12.5 Å². The number of oxazole rings is 1. The molecule has 2 aromatic carbocycles. The second-order valence-corrected chi connectivity index (χ2v) is 7.50. The molecule has 5 nitrogen and oxygen atoms in total. The second kappa shape index (κ2) is 9.70. The molecular weight excluding hydrogens is 452 g/mol. The van der Waals surface area contributed by atoms with Crippen LogP contribution in [0.25, 0.3) is 11.3 Å². The Labute approximate surface area is 186 Å². The van der Waals surface area contributed by atoms with Crippen LogP contribution in [0.15, 0.2) is 46.9 Å². The van der Waals surface area contributed by atoms with Crippen molar-refractivity contribution < 1.29 is 31.9 Å². The van der Waals surface area contributed by atoms with E-state index >= 15 is 0 Å². The van der Waals surface area contributed by atoms with Crippen LogP contribution in [-0.2, 0) is 23.9 Å². The number of aliphatic hydroxyl groups is 1. The zero-order valence-corrected chi connectivity index (χ0v) is 17.6. The van der Waals surface area contributed by atoms with Crippen molar-refractivity contribution in [3.8, 4) is 11.3 Å². The smallest absolute Gasteiger partial charge is 0.435 e. The first-order valence-electron chi connectivity index (χ1n) is 9.60. The molecule has 0 aliphatic carbocycles. The molecule has 0 aliphatic rings. The third-order valence-electron chi connectivity index (χ3n) is 4.81. The summed E-state index contributed by atoms with van der Waals surface area (Å²) >= 11 is 5.93. The first kappa shape index (κ1) is 23.7. The molecule has 10 heteroatoms. The maximum absolute atomic E-state index is 14.1. The lowest BCUT2D eigenvalue weighted by atomic mass is 9.98. The molecule has 1 aromatic heterocycles.